The van der Waals surface area contributed by atoms with E-state index in [9.17, 15) is 14.0 Å². The minimum absolute atomic E-state index is 0.0941. The highest BCUT2D eigenvalue weighted by Crippen LogP contribution is 2.37. The molecule has 156 valence electrons. The molecule has 30 heavy (non-hydrogen) atoms. The molecule has 0 aliphatic carbocycles. The standard InChI is InChI=1S/C23H22FNO4S/c1-4-6-17-11-16(12-19(29-5-2)21(17)28-3)13-20-22(26)25(23(27)30-20)14-15-7-9-18(24)10-8-15/h4,7-13H,1,5-6,14H2,2-3H3/b20-13+. The molecular formula is C23H22FNO4S. The van der Waals surface area contributed by atoms with Crippen molar-refractivity contribution in [1.29, 1.82) is 0 Å². The van der Waals surface area contributed by atoms with Crippen LogP contribution in [0.2, 0.25) is 0 Å². The zero-order valence-corrected chi connectivity index (χ0v) is 17.6. The number of imide groups is 1. The summed E-state index contributed by atoms with van der Waals surface area (Å²) in [4.78, 5) is 26.7. The lowest BCUT2D eigenvalue weighted by Crippen LogP contribution is -2.27. The Bertz CT molecular complexity index is 1000. The van der Waals surface area contributed by atoms with E-state index in [1.54, 1.807) is 37.5 Å². The summed E-state index contributed by atoms with van der Waals surface area (Å²) in [5.74, 6) is 0.440. The molecule has 1 saturated heterocycles. The van der Waals surface area contributed by atoms with Crippen molar-refractivity contribution in [3.8, 4) is 11.5 Å². The van der Waals surface area contributed by atoms with Crippen molar-refractivity contribution >= 4 is 29.0 Å². The molecule has 0 saturated carbocycles. The number of carbonyl (C=O) groups excluding carboxylic acids is 2. The van der Waals surface area contributed by atoms with E-state index in [2.05, 4.69) is 6.58 Å². The monoisotopic (exact) mass is 427 g/mol. The van der Waals surface area contributed by atoms with E-state index in [0.29, 0.717) is 35.0 Å². The minimum atomic E-state index is -0.381. The Morgan fingerprint density at radius 1 is 1.20 bits per heavy atom. The molecule has 0 atom stereocenters. The Hall–Kier alpha value is -3.06. The first-order chi connectivity index (χ1) is 14.5. The van der Waals surface area contributed by atoms with Crippen LogP contribution >= 0.6 is 11.8 Å². The molecule has 3 rings (SSSR count). The number of amides is 2. The predicted molar refractivity (Wildman–Crippen MR) is 116 cm³/mol. The normalized spacial score (nSPS) is 15.0. The molecule has 1 heterocycles. The number of hydrogen-bond donors (Lipinski definition) is 0. The van der Waals surface area contributed by atoms with Crippen LogP contribution < -0.4 is 9.47 Å². The molecule has 0 N–H and O–H groups in total. The van der Waals surface area contributed by atoms with Gasteiger partial charge < -0.3 is 9.47 Å². The van der Waals surface area contributed by atoms with Gasteiger partial charge in [-0.3, -0.25) is 14.5 Å². The third-order valence-corrected chi connectivity index (χ3v) is 5.36. The van der Waals surface area contributed by atoms with Crippen LogP contribution in [0.3, 0.4) is 0 Å². The molecule has 1 aliphatic rings. The fourth-order valence-electron chi connectivity index (χ4n) is 3.13. The zero-order chi connectivity index (χ0) is 21.7. The minimum Gasteiger partial charge on any atom is -0.493 e. The molecule has 0 bridgehead atoms. The maximum Gasteiger partial charge on any atom is 0.293 e. The largest absolute Gasteiger partial charge is 0.493 e. The molecule has 0 radical (unpaired) electrons. The average Bonchev–Trinajstić information content (AvgIpc) is 2.97. The number of benzene rings is 2. The van der Waals surface area contributed by atoms with E-state index in [0.717, 1.165) is 27.8 Å². The van der Waals surface area contributed by atoms with E-state index in [4.69, 9.17) is 9.47 Å². The van der Waals surface area contributed by atoms with Gasteiger partial charge in [-0.2, -0.15) is 0 Å². The number of allylic oxidation sites excluding steroid dienone is 1. The van der Waals surface area contributed by atoms with Gasteiger partial charge in [0.1, 0.15) is 5.82 Å². The summed E-state index contributed by atoms with van der Waals surface area (Å²) >= 11 is 0.880. The summed E-state index contributed by atoms with van der Waals surface area (Å²) in [7, 11) is 1.57. The van der Waals surface area contributed by atoms with Gasteiger partial charge in [-0.05, 0) is 66.6 Å². The van der Waals surface area contributed by atoms with Crippen LogP contribution in [0.1, 0.15) is 23.6 Å². The van der Waals surface area contributed by atoms with Gasteiger partial charge in [-0.1, -0.05) is 18.2 Å². The number of methoxy groups -OCH3 is 1. The van der Waals surface area contributed by atoms with Crippen LogP contribution in [0, 0.1) is 5.82 Å². The summed E-state index contributed by atoms with van der Waals surface area (Å²) in [6, 6.07) is 9.39. The van der Waals surface area contributed by atoms with Gasteiger partial charge in [0.15, 0.2) is 11.5 Å². The van der Waals surface area contributed by atoms with Crippen molar-refractivity contribution in [2.75, 3.05) is 13.7 Å². The molecule has 5 nitrogen and oxygen atoms in total. The molecule has 2 aromatic carbocycles. The molecule has 0 spiro atoms. The van der Waals surface area contributed by atoms with Crippen molar-refractivity contribution in [2.45, 2.75) is 19.9 Å². The van der Waals surface area contributed by atoms with Crippen LogP contribution in [0.25, 0.3) is 6.08 Å². The van der Waals surface area contributed by atoms with Gasteiger partial charge >= 0.3 is 0 Å². The van der Waals surface area contributed by atoms with E-state index in [1.165, 1.54) is 12.1 Å². The maximum atomic E-state index is 13.1. The molecule has 1 aliphatic heterocycles. The summed E-state index contributed by atoms with van der Waals surface area (Å²) in [5.41, 5.74) is 2.27. The Morgan fingerprint density at radius 2 is 1.93 bits per heavy atom. The predicted octanol–water partition coefficient (Wildman–Crippen LogP) is 5.20. The molecule has 2 aromatic rings. The van der Waals surface area contributed by atoms with Gasteiger partial charge in [0.25, 0.3) is 11.1 Å². The number of ether oxygens (including phenoxy) is 2. The molecule has 0 unspecified atom stereocenters. The lowest BCUT2D eigenvalue weighted by Gasteiger charge is -2.14. The van der Waals surface area contributed by atoms with Crippen LogP contribution in [-0.2, 0) is 17.8 Å². The fourth-order valence-corrected chi connectivity index (χ4v) is 3.97. The smallest absolute Gasteiger partial charge is 0.293 e. The second-order valence-electron chi connectivity index (χ2n) is 6.53. The Kier molecular flexibility index (Phi) is 6.95. The highest BCUT2D eigenvalue weighted by Gasteiger charge is 2.35. The molecule has 2 amide bonds. The molecule has 0 aromatic heterocycles. The number of rotatable bonds is 8. The first kappa shape index (κ1) is 21.6. The third kappa shape index (κ3) is 4.74. The van der Waals surface area contributed by atoms with E-state index in [1.807, 2.05) is 13.0 Å². The van der Waals surface area contributed by atoms with Gasteiger partial charge in [0.05, 0.1) is 25.2 Å². The number of nitrogens with zero attached hydrogens (tertiary/aromatic N) is 1. The fraction of sp³-hybridized carbons (Fsp3) is 0.217. The van der Waals surface area contributed by atoms with Crippen LogP contribution in [0.5, 0.6) is 11.5 Å². The van der Waals surface area contributed by atoms with Crippen molar-refractivity contribution in [3.05, 3.63) is 76.5 Å². The van der Waals surface area contributed by atoms with Gasteiger partial charge in [-0.15, -0.1) is 6.58 Å². The first-order valence-corrected chi connectivity index (χ1v) is 10.2. The second kappa shape index (κ2) is 9.63. The highest BCUT2D eigenvalue weighted by atomic mass is 32.2. The topological polar surface area (TPSA) is 55.8 Å². The molecular weight excluding hydrogens is 405 g/mol. The van der Waals surface area contributed by atoms with Crippen LogP contribution in [0.15, 0.2) is 54.0 Å². The van der Waals surface area contributed by atoms with Crippen molar-refractivity contribution in [2.24, 2.45) is 0 Å². The number of halogens is 1. The maximum absolute atomic E-state index is 13.1. The van der Waals surface area contributed by atoms with Crippen molar-refractivity contribution in [3.63, 3.8) is 0 Å². The van der Waals surface area contributed by atoms with E-state index >= 15 is 0 Å². The molecule has 1 fully saturated rings. The Labute approximate surface area is 179 Å². The van der Waals surface area contributed by atoms with E-state index < -0.39 is 0 Å². The van der Waals surface area contributed by atoms with Crippen LogP contribution in [-0.4, -0.2) is 29.8 Å². The third-order valence-electron chi connectivity index (χ3n) is 4.45. The Balaban J connectivity index is 1.90. The first-order valence-electron chi connectivity index (χ1n) is 9.41. The summed E-state index contributed by atoms with van der Waals surface area (Å²) in [5, 5.41) is -0.361. The highest BCUT2D eigenvalue weighted by molar-refractivity contribution is 8.18. The second-order valence-corrected chi connectivity index (χ2v) is 7.52. The van der Waals surface area contributed by atoms with Gasteiger partial charge in [0.2, 0.25) is 0 Å². The lowest BCUT2D eigenvalue weighted by molar-refractivity contribution is -0.123. The number of carbonyl (C=O) groups is 2. The van der Waals surface area contributed by atoms with Gasteiger partial charge in [-0.25, -0.2) is 4.39 Å². The van der Waals surface area contributed by atoms with Crippen molar-refractivity contribution < 1.29 is 23.5 Å². The van der Waals surface area contributed by atoms with Crippen molar-refractivity contribution in [1.82, 2.24) is 4.90 Å². The summed E-state index contributed by atoms with van der Waals surface area (Å²) < 4.78 is 24.3. The molecule has 7 heteroatoms. The average molecular weight is 427 g/mol. The number of thioether (sulfide) groups is 1. The number of hydrogen-bond acceptors (Lipinski definition) is 5. The SMILES string of the molecule is C=CCc1cc(/C=C2/SC(=O)N(Cc3ccc(F)cc3)C2=O)cc(OCC)c1OC. The summed E-state index contributed by atoms with van der Waals surface area (Å²) in [6.45, 7) is 6.20. The quantitative estimate of drug-likeness (QED) is 0.428. The van der Waals surface area contributed by atoms with E-state index in [-0.39, 0.29) is 23.5 Å². The zero-order valence-electron chi connectivity index (χ0n) is 16.8. The lowest BCUT2D eigenvalue weighted by atomic mass is 10.0. The van der Waals surface area contributed by atoms with Crippen LogP contribution in [0.4, 0.5) is 9.18 Å². The Morgan fingerprint density at radius 3 is 2.57 bits per heavy atom. The summed E-state index contributed by atoms with van der Waals surface area (Å²) in [6.07, 6.45) is 4.00. The van der Waals surface area contributed by atoms with Gasteiger partial charge in [0, 0.05) is 5.56 Å².